The Balaban J connectivity index is 1.89. The largest absolute Gasteiger partial charge is 0.456 e. The predicted octanol–water partition coefficient (Wildman–Crippen LogP) is 3.09. The lowest BCUT2D eigenvalue weighted by Gasteiger charge is -2.22. The van der Waals surface area contributed by atoms with Crippen LogP contribution in [0.25, 0.3) is 0 Å². The van der Waals surface area contributed by atoms with E-state index in [0.29, 0.717) is 11.5 Å². The molecule has 170 valence electrons. The van der Waals surface area contributed by atoms with Gasteiger partial charge < -0.3 is 20.5 Å². The fourth-order valence-electron chi connectivity index (χ4n) is 3.52. The maximum atomic E-state index is 12.4. The number of ether oxygens (including phenoxy) is 2. The van der Waals surface area contributed by atoms with Crippen molar-refractivity contribution in [1.82, 2.24) is 5.32 Å². The summed E-state index contributed by atoms with van der Waals surface area (Å²) in [6.45, 7) is 3.37. The van der Waals surface area contributed by atoms with Crippen molar-refractivity contribution in [1.29, 1.82) is 0 Å². The molecule has 1 aromatic rings. The summed E-state index contributed by atoms with van der Waals surface area (Å²) >= 11 is 0. The number of rotatable bonds is 10. The molecule has 1 atom stereocenters. The third kappa shape index (κ3) is 8.39. The van der Waals surface area contributed by atoms with E-state index in [0.717, 1.165) is 0 Å². The van der Waals surface area contributed by atoms with E-state index < -0.39 is 37.0 Å². The Bertz CT molecular complexity index is 769. The number of carbonyl (C=O) groups is 4. The van der Waals surface area contributed by atoms with E-state index >= 15 is 0 Å². The molecule has 2 rings (SSSR count). The lowest BCUT2D eigenvalue weighted by molar-refractivity contribution is -0.146. The van der Waals surface area contributed by atoms with Gasteiger partial charge in [-0.15, -0.1) is 0 Å². The van der Waals surface area contributed by atoms with Gasteiger partial charge in [-0.1, -0.05) is 57.4 Å². The number of Topliss-reactive ketones (excluding diaryl/α,β-unsaturated/α-hetero) is 1. The highest BCUT2D eigenvalue weighted by Gasteiger charge is 2.26. The van der Waals surface area contributed by atoms with E-state index in [9.17, 15) is 19.2 Å². The minimum absolute atomic E-state index is 0.106. The van der Waals surface area contributed by atoms with Gasteiger partial charge in [-0.2, -0.15) is 0 Å². The maximum Gasteiger partial charge on any atom is 0.407 e. The van der Waals surface area contributed by atoms with Gasteiger partial charge in [-0.25, -0.2) is 9.59 Å². The molecule has 0 aliphatic heterocycles. The van der Waals surface area contributed by atoms with Gasteiger partial charge in [0.2, 0.25) is 5.91 Å². The van der Waals surface area contributed by atoms with Gasteiger partial charge in [0.05, 0.1) is 13.0 Å². The quantitative estimate of drug-likeness (QED) is 0.432. The summed E-state index contributed by atoms with van der Waals surface area (Å²) in [6, 6.07) is 6.06. The average Bonchev–Trinajstić information content (AvgIpc) is 2.75. The summed E-state index contributed by atoms with van der Waals surface area (Å²) < 4.78 is 9.97. The lowest BCUT2D eigenvalue weighted by atomic mass is 9.84. The van der Waals surface area contributed by atoms with Crippen molar-refractivity contribution in [2.24, 2.45) is 11.7 Å². The monoisotopic (exact) mass is 432 g/mol. The Hall–Kier alpha value is -2.90. The van der Waals surface area contributed by atoms with Crippen molar-refractivity contribution in [2.75, 3.05) is 13.2 Å². The zero-order chi connectivity index (χ0) is 22.8. The minimum atomic E-state index is -1.32. The van der Waals surface area contributed by atoms with Crippen LogP contribution in [0.4, 0.5) is 4.79 Å². The third-order valence-corrected chi connectivity index (χ3v) is 5.18. The van der Waals surface area contributed by atoms with Crippen LogP contribution in [-0.4, -0.2) is 43.0 Å². The molecule has 0 unspecified atom stereocenters. The normalized spacial score (nSPS) is 15.2. The predicted molar refractivity (Wildman–Crippen MR) is 114 cm³/mol. The number of nitrogens with one attached hydrogen (secondary N) is 1. The van der Waals surface area contributed by atoms with Gasteiger partial charge in [0.25, 0.3) is 0 Å². The van der Waals surface area contributed by atoms with Crippen molar-refractivity contribution in [3.05, 3.63) is 35.4 Å². The van der Waals surface area contributed by atoms with E-state index in [1.807, 2.05) is 26.0 Å². The Morgan fingerprint density at radius 2 is 1.68 bits per heavy atom. The molecule has 31 heavy (non-hydrogen) atoms. The number of esters is 1. The highest BCUT2D eigenvalue weighted by Crippen LogP contribution is 2.32. The third-order valence-electron chi connectivity index (χ3n) is 5.18. The minimum Gasteiger partial charge on any atom is -0.456 e. The van der Waals surface area contributed by atoms with Crippen molar-refractivity contribution in [3.8, 4) is 0 Å². The number of ketones is 1. The van der Waals surface area contributed by atoms with E-state index in [1.165, 1.54) is 37.7 Å². The fraction of sp³-hybridized carbons (Fsp3) is 0.565. The number of alkyl carbamates (subject to hydrolysis) is 1. The van der Waals surface area contributed by atoms with Crippen LogP contribution in [0.1, 0.15) is 74.2 Å². The number of primary amides is 1. The van der Waals surface area contributed by atoms with Crippen LogP contribution in [-0.2, 0) is 19.1 Å². The molecule has 1 aliphatic rings. The maximum absolute atomic E-state index is 12.4. The summed E-state index contributed by atoms with van der Waals surface area (Å²) in [4.78, 5) is 47.7. The molecule has 8 heteroatoms. The van der Waals surface area contributed by atoms with Crippen LogP contribution in [0, 0.1) is 5.92 Å². The van der Waals surface area contributed by atoms with Gasteiger partial charge in [0, 0.05) is 5.56 Å². The van der Waals surface area contributed by atoms with Gasteiger partial charge in [-0.3, -0.25) is 9.59 Å². The van der Waals surface area contributed by atoms with E-state index in [1.54, 1.807) is 12.1 Å². The van der Waals surface area contributed by atoms with E-state index in [4.69, 9.17) is 15.2 Å². The molecule has 2 amide bonds. The second kappa shape index (κ2) is 12.1. The SMILES string of the molecule is CC(C)COC(=O)N[C@H](CC(N)=O)C(=O)OCC(=O)c1ccc(C2CCCCC2)cc1. The molecule has 0 radical (unpaired) electrons. The molecular weight excluding hydrogens is 400 g/mol. The zero-order valence-electron chi connectivity index (χ0n) is 18.2. The molecule has 3 N–H and O–H groups in total. The topological polar surface area (TPSA) is 125 Å². The first-order valence-electron chi connectivity index (χ1n) is 10.8. The number of amides is 2. The second-order valence-corrected chi connectivity index (χ2v) is 8.35. The Kier molecular flexibility index (Phi) is 9.49. The molecule has 1 aliphatic carbocycles. The summed E-state index contributed by atoms with van der Waals surface area (Å²) in [6.07, 6.45) is 4.75. The highest BCUT2D eigenvalue weighted by molar-refractivity contribution is 5.98. The molecule has 0 bridgehead atoms. The fourth-order valence-corrected chi connectivity index (χ4v) is 3.52. The number of nitrogens with two attached hydrogens (primary N) is 1. The summed E-state index contributed by atoms with van der Waals surface area (Å²) in [7, 11) is 0. The van der Waals surface area contributed by atoms with Crippen LogP contribution < -0.4 is 11.1 Å². The van der Waals surface area contributed by atoms with Crippen LogP contribution >= 0.6 is 0 Å². The standard InChI is InChI=1S/C23H32N2O6/c1-15(2)13-31-23(29)25-19(12-21(24)27)22(28)30-14-20(26)18-10-8-17(9-11-18)16-6-4-3-5-7-16/h8-11,15-16,19H,3-7,12-14H2,1-2H3,(H2,24,27)(H,25,29)/t19-/m1/s1. The molecule has 1 aromatic carbocycles. The highest BCUT2D eigenvalue weighted by atomic mass is 16.6. The van der Waals surface area contributed by atoms with E-state index in [-0.39, 0.29) is 18.3 Å². The van der Waals surface area contributed by atoms with E-state index in [2.05, 4.69) is 5.32 Å². The Morgan fingerprint density at radius 3 is 2.26 bits per heavy atom. The molecular formula is C23H32N2O6. The first kappa shape index (κ1) is 24.4. The van der Waals surface area contributed by atoms with Crippen molar-refractivity contribution in [2.45, 2.75) is 64.3 Å². The van der Waals surface area contributed by atoms with Gasteiger partial charge >= 0.3 is 12.1 Å². The molecule has 0 spiro atoms. The molecule has 8 nitrogen and oxygen atoms in total. The Morgan fingerprint density at radius 1 is 1.03 bits per heavy atom. The zero-order valence-corrected chi connectivity index (χ0v) is 18.2. The first-order chi connectivity index (χ1) is 14.8. The van der Waals surface area contributed by atoms with Crippen molar-refractivity contribution in [3.63, 3.8) is 0 Å². The number of carbonyl (C=O) groups excluding carboxylic acids is 4. The molecule has 0 saturated heterocycles. The molecule has 1 fully saturated rings. The van der Waals surface area contributed by atoms with Gasteiger partial charge in [0.15, 0.2) is 12.4 Å². The van der Waals surface area contributed by atoms with Crippen LogP contribution in [0.15, 0.2) is 24.3 Å². The van der Waals surface area contributed by atoms with Gasteiger partial charge in [0.1, 0.15) is 6.04 Å². The average molecular weight is 433 g/mol. The second-order valence-electron chi connectivity index (χ2n) is 8.35. The smallest absolute Gasteiger partial charge is 0.407 e. The molecule has 1 saturated carbocycles. The number of hydrogen-bond acceptors (Lipinski definition) is 6. The van der Waals surface area contributed by atoms with Crippen LogP contribution in [0.5, 0.6) is 0 Å². The summed E-state index contributed by atoms with van der Waals surface area (Å²) in [5.41, 5.74) is 6.80. The van der Waals surface area contributed by atoms with Gasteiger partial charge in [-0.05, 0) is 30.2 Å². The summed E-state index contributed by atoms with van der Waals surface area (Å²) in [5.74, 6) is -1.45. The van der Waals surface area contributed by atoms with Crippen LogP contribution in [0.2, 0.25) is 0 Å². The molecule has 0 aromatic heterocycles. The Labute approximate surface area is 182 Å². The first-order valence-corrected chi connectivity index (χ1v) is 10.8. The van der Waals surface area contributed by atoms with Crippen molar-refractivity contribution >= 4 is 23.8 Å². The van der Waals surface area contributed by atoms with Crippen molar-refractivity contribution < 1.29 is 28.7 Å². The lowest BCUT2D eigenvalue weighted by Crippen LogP contribution is -2.45. The molecule has 0 heterocycles. The summed E-state index contributed by atoms with van der Waals surface area (Å²) in [5, 5.41) is 2.26. The number of hydrogen-bond donors (Lipinski definition) is 2. The van der Waals surface area contributed by atoms with Crippen LogP contribution in [0.3, 0.4) is 0 Å². The number of benzene rings is 1.